The Labute approximate surface area is 118 Å². The number of benzene rings is 1. The maximum Gasteiger partial charge on any atom is 0.224 e. The quantitative estimate of drug-likeness (QED) is 0.833. The van der Waals surface area contributed by atoms with Crippen LogP contribution in [-0.4, -0.2) is 10.9 Å². The van der Waals surface area contributed by atoms with Crippen LogP contribution in [0.1, 0.15) is 30.0 Å². The van der Waals surface area contributed by atoms with Crippen LogP contribution in [0.3, 0.4) is 0 Å². The highest BCUT2D eigenvalue weighted by atomic mass is 16.1. The summed E-state index contributed by atoms with van der Waals surface area (Å²) in [7, 11) is 0. The lowest BCUT2D eigenvalue weighted by Crippen LogP contribution is -2.22. The smallest absolute Gasteiger partial charge is 0.224 e. The number of nitrogens with one attached hydrogen (secondary N) is 2. The van der Waals surface area contributed by atoms with E-state index < -0.39 is 0 Å². The molecule has 4 nitrogen and oxygen atoms in total. The van der Waals surface area contributed by atoms with Crippen molar-refractivity contribution < 1.29 is 4.79 Å². The molecule has 0 saturated carbocycles. The monoisotopic (exact) mass is 267 g/mol. The Morgan fingerprint density at radius 3 is 2.80 bits per heavy atom. The van der Waals surface area contributed by atoms with Crippen molar-refractivity contribution in [3.8, 4) is 0 Å². The molecule has 2 aromatic rings. The van der Waals surface area contributed by atoms with Crippen molar-refractivity contribution in [3.05, 3.63) is 53.7 Å². The van der Waals surface area contributed by atoms with Crippen LogP contribution in [0.4, 0.5) is 11.5 Å². The average molecular weight is 267 g/mol. The molecule has 0 bridgehead atoms. The normalized spacial score (nSPS) is 18.2. The second-order valence-corrected chi connectivity index (χ2v) is 5.05. The molecule has 1 aliphatic rings. The van der Waals surface area contributed by atoms with Gasteiger partial charge in [0.1, 0.15) is 0 Å². The number of rotatable bonds is 1. The summed E-state index contributed by atoms with van der Waals surface area (Å²) in [6.45, 7) is 1.97. The second kappa shape index (κ2) is 5.33. The maximum absolute atomic E-state index is 12.0. The van der Waals surface area contributed by atoms with E-state index in [4.69, 9.17) is 0 Å². The van der Waals surface area contributed by atoms with Crippen molar-refractivity contribution in [1.82, 2.24) is 4.98 Å². The third kappa shape index (κ3) is 2.50. The summed E-state index contributed by atoms with van der Waals surface area (Å²) in [5.41, 5.74) is 2.99. The number of aryl methyl sites for hydroxylation is 1. The van der Waals surface area contributed by atoms with Gasteiger partial charge >= 0.3 is 0 Å². The Hall–Kier alpha value is -2.36. The van der Waals surface area contributed by atoms with Crippen LogP contribution in [0, 0.1) is 6.92 Å². The molecule has 0 aliphatic carbocycles. The fraction of sp³-hybridized carbons (Fsp3) is 0.250. The molecule has 102 valence electrons. The summed E-state index contributed by atoms with van der Waals surface area (Å²) in [6, 6.07) is 12.2. The van der Waals surface area contributed by atoms with E-state index in [0.29, 0.717) is 6.42 Å². The topological polar surface area (TPSA) is 54.0 Å². The van der Waals surface area contributed by atoms with E-state index in [0.717, 1.165) is 23.5 Å². The molecule has 20 heavy (non-hydrogen) atoms. The van der Waals surface area contributed by atoms with Gasteiger partial charge in [0.2, 0.25) is 5.91 Å². The molecular weight excluding hydrogens is 250 g/mol. The first-order chi connectivity index (χ1) is 9.74. The largest absolute Gasteiger partial charge is 0.362 e. The number of pyridine rings is 1. The Morgan fingerprint density at radius 1 is 1.20 bits per heavy atom. The third-order valence-electron chi connectivity index (χ3n) is 3.60. The number of aromatic nitrogens is 1. The Bertz CT molecular complexity index is 625. The van der Waals surface area contributed by atoms with Crippen LogP contribution >= 0.6 is 0 Å². The fourth-order valence-corrected chi connectivity index (χ4v) is 2.48. The number of carbonyl (C=O) groups is 1. The Balaban J connectivity index is 1.99. The van der Waals surface area contributed by atoms with Gasteiger partial charge in [-0.15, -0.1) is 0 Å². The first-order valence-corrected chi connectivity index (χ1v) is 6.81. The van der Waals surface area contributed by atoms with E-state index in [1.807, 2.05) is 31.2 Å². The van der Waals surface area contributed by atoms with Gasteiger partial charge in [0.25, 0.3) is 0 Å². The zero-order valence-electron chi connectivity index (χ0n) is 11.4. The van der Waals surface area contributed by atoms with Crippen molar-refractivity contribution in [2.45, 2.75) is 25.8 Å². The van der Waals surface area contributed by atoms with Gasteiger partial charge in [0.15, 0.2) is 5.82 Å². The molecular formula is C16H17N3O. The van der Waals surface area contributed by atoms with Crippen molar-refractivity contribution in [1.29, 1.82) is 0 Å². The predicted octanol–water partition coefficient (Wildman–Crippen LogP) is 3.28. The number of hydrogen-bond donors (Lipinski definition) is 2. The minimum atomic E-state index is 0.0461. The highest BCUT2D eigenvalue weighted by Gasteiger charge is 2.20. The first kappa shape index (κ1) is 12.7. The van der Waals surface area contributed by atoms with E-state index in [-0.39, 0.29) is 11.9 Å². The molecule has 3 rings (SSSR count). The van der Waals surface area contributed by atoms with Gasteiger partial charge in [-0.1, -0.05) is 30.3 Å². The van der Waals surface area contributed by atoms with Crippen molar-refractivity contribution in [2.24, 2.45) is 0 Å². The highest BCUT2D eigenvalue weighted by Crippen LogP contribution is 2.31. The molecule has 1 aromatic heterocycles. The van der Waals surface area contributed by atoms with Crippen LogP contribution in [0.25, 0.3) is 0 Å². The maximum atomic E-state index is 12.0. The van der Waals surface area contributed by atoms with Gasteiger partial charge < -0.3 is 10.6 Å². The van der Waals surface area contributed by atoms with E-state index in [1.54, 1.807) is 6.20 Å². The number of amides is 1. The van der Waals surface area contributed by atoms with E-state index in [9.17, 15) is 4.79 Å². The molecule has 0 fully saturated rings. The summed E-state index contributed by atoms with van der Waals surface area (Å²) < 4.78 is 0. The second-order valence-electron chi connectivity index (χ2n) is 5.05. The molecule has 1 atom stereocenters. The summed E-state index contributed by atoms with van der Waals surface area (Å²) >= 11 is 0. The lowest BCUT2D eigenvalue weighted by atomic mass is 10.0. The number of fused-ring (bicyclic) bond motifs is 1. The summed E-state index contributed by atoms with van der Waals surface area (Å²) in [4.78, 5) is 16.3. The van der Waals surface area contributed by atoms with Gasteiger partial charge in [-0.25, -0.2) is 4.98 Å². The zero-order valence-corrected chi connectivity index (χ0v) is 11.4. The number of carbonyl (C=O) groups excluding carboxylic acids is 1. The minimum Gasteiger partial charge on any atom is -0.362 e. The first-order valence-electron chi connectivity index (χ1n) is 6.81. The summed E-state index contributed by atoms with van der Waals surface area (Å²) in [5.74, 6) is 0.789. The van der Waals surface area contributed by atoms with Gasteiger partial charge in [-0.05, 0) is 30.5 Å². The van der Waals surface area contributed by atoms with Gasteiger partial charge in [-0.3, -0.25) is 4.79 Å². The molecule has 2 N–H and O–H groups in total. The SMILES string of the molecule is Cc1ccnc2c1NC(=O)CCC(c1ccccc1)N2. The van der Waals surface area contributed by atoms with Crippen molar-refractivity contribution >= 4 is 17.4 Å². The molecule has 0 spiro atoms. The molecule has 1 amide bonds. The van der Waals surface area contributed by atoms with E-state index in [1.165, 1.54) is 5.56 Å². The molecule has 1 unspecified atom stereocenters. The minimum absolute atomic E-state index is 0.0461. The Morgan fingerprint density at radius 2 is 2.00 bits per heavy atom. The van der Waals surface area contributed by atoms with Crippen LogP contribution < -0.4 is 10.6 Å². The summed E-state index contributed by atoms with van der Waals surface area (Å²) in [6.07, 6.45) is 3.02. The number of nitrogens with zero attached hydrogens (tertiary/aromatic N) is 1. The molecule has 1 aliphatic heterocycles. The molecule has 0 saturated heterocycles. The molecule has 2 heterocycles. The standard InChI is InChI=1S/C16H17N3O/c1-11-9-10-17-16-15(11)19-14(20)8-7-13(18-16)12-5-3-2-4-6-12/h2-6,9-10,13H,7-8H2,1H3,(H,17,18)(H,19,20). The zero-order chi connectivity index (χ0) is 13.9. The lowest BCUT2D eigenvalue weighted by Gasteiger charge is -2.25. The fourth-order valence-electron chi connectivity index (χ4n) is 2.48. The predicted molar refractivity (Wildman–Crippen MR) is 79.6 cm³/mol. The third-order valence-corrected chi connectivity index (χ3v) is 3.60. The van der Waals surface area contributed by atoms with E-state index >= 15 is 0 Å². The summed E-state index contributed by atoms with van der Waals surface area (Å²) in [5, 5.41) is 6.39. The van der Waals surface area contributed by atoms with Crippen LogP contribution in [0.15, 0.2) is 42.6 Å². The number of hydrogen-bond acceptors (Lipinski definition) is 3. The van der Waals surface area contributed by atoms with Crippen LogP contribution in [-0.2, 0) is 4.79 Å². The highest BCUT2D eigenvalue weighted by molar-refractivity contribution is 5.95. The van der Waals surface area contributed by atoms with Gasteiger partial charge in [0.05, 0.1) is 11.7 Å². The van der Waals surface area contributed by atoms with Crippen LogP contribution in [0.5, 0.6) is 0 Å². The van der Waals surface area contributed by atoms with Crippen molar-refractivity contribution in [2.75, 3.05) is 10.6 Å². The van der Waals surface area contributed by atoms with Crippen LogP contribution in [0.2, 0.25) is 0 Å². The van der Waals surface area contributed by atoms with Crippen molar-refractivity contribution in [3.63, 3.8) is 0 Å². The average Bonchev–Trinajstić information content (AvgIpc) is 2.45. The lowest BCUT2D eigenvalue weighted by molar-refractivity contribution is -0.116. The molecule has 0 radical (unpaired) electrons. The Kier molecular flexibility index (Phi) is 3.37. The molecule has 4 heteroatoms. The van der Waals surface area contributed by atoms with Gasteiger partial charge in [0, 0.05) is 12.6 Å². The van der Waals surface area contributed by atoms with E-state index in [2.05, 4.69) is 27.8 Å². The van der Waals surface area contributed by atoms with Gasteiger partial charge in [-0.2, -0.15) is 0 Å². The number of anilines is 2. The molecule has 1 aromatic carbocycles.